The van der Waals surface area contributed by atoms with Crippen LogP contribution in [-0.2, 0) is 12.7 Å². The van der Waals surface area contributed by atoms with Crippen LogP contribution >= 0.6 is 0 Å². The molecule has 0 radical (unpaired) electrons. The average molecular weight is 428 g/mol. The fourth-order valence-corrected chi connectivity index (χ4v) is 3.98. The van der Waals surface area contributed by atoms with Crippen LogP contribution in [-0.4, -0.2) is 33.4 Å². The molecule has 1 aliphatic heterocycles. The summed E-state index contributed by atoms with van der Waals surface area (Å²) in [6.45, 7) is 4.41. The van der Waals surface area contributed by atoms with Gasteiger partial charge in [-0.05, 0) is 79.9 Å². The highest BCUT2D eigenvalue weighted by Gasteiger charge is 2.32. The molecule has 0 unspecified atom stereocenters. The molecular formula is C23H23F3N4O. The van der Waals surface area contributed by atoms with Crippen molar-refractivity contribution in [2.24, 2.45) is 5.73 Å². The molecular weight excluding hydrogens is 405 g/mol. The van der Waals surface area contributed by atoms with Crippen molar-refractivity contribution in [2.45, 2.75) is 32.5 Å². The Bertz CT molecular complexity index is 1110. The van der Waals surface area contributed by atoms with Gasteiger partial charge in [-0.1, -0.05) is 6.07 Å². The van der Waals surface area contributed by atoms with Crippen molar-refractivity contribution >= 4 is 5.91 Å². The Hall–Kier alpha value is -3.13. The summed E-state index contributed by atoms with van der Waals surface area (Å²) in [5, 5.41) is 0. The molecule has 2 heterocycles. The predicted molar refractivity (Wildman–Crippen MR) is 112 cm³/mol. The number of aryl methyl sites for hydroxylation is 1. The quantitative estimate of drug-likeness (QED) is 0.648. The number of hydrogen-bond donors (Lipinski definition) is 1. The first-order valence-electron chi connectivity index (χ1n) is 10.1. The summed E-state index contributed by atoms with van der Waals surface area (Å²) in [6, 6.07) is 8.95. The third-order valence-corrected chi connectivity index (χ3v) is 5.52. The van der Waals surface area contributed by atoms with Gasteiger partial charge in [-0.15, -0.1) is 0 Å². The number of imidazole rings is 1. The predicted octanol–water partition coefficient (Wildman–Crippen LogP) is 4.56. The summed E-state index contributed by atoms with van der Waals surface area (Å²) in [6.07, 6.45) is 0.840. The van der Waals surface area contributed by atoms with Crippen LogP contribution in [0.3, 0.4) is 0 Å². The molecule has 1 aliphatic rings. The molecule has 4 rings (SSSR count). The maximum atomic E-state index is 13.7. The molecule has 2 aromatic carbocycles. The number of primary amides is 1. The number of carbonyl (C=O) groups is 1. The van der Waals surface area contributed by atoms with E-state index in [0.717, 1.165) is 43.6 Å². The molecule has 0 atom stereocenters. The zero-order chi connectivity index (χ0) is 22.2. The van der Waals surface area contributed by atoms with Gasteiger partial charge in [0.05, 0.1) is 17.6 Å². The van der Waals surface area contributed by atoms with Gasteiger partial charge in [0.15, 0.2) is 0 Å². The molecule has 3 aromatic rings. The zero-order valence-corrected chi connectivity index (χ0v) is 17.1. The monoisotopic (exact) mass is 428 g/mol. The zero-order valence-electron chi connectivity index (χ0n) is 17.1. The van der Waals surface area contributed by atoms with Gasteiger partial charge in [0.2, 0.25) is 5.91 Å². The van der Waals surface area contributed by atoms with Gasteiger partial charge in [0, 0.05) is 24.0 Å². The highest BCUT2D eigenvalue weighted by molar-refractivity contribution is 6.00. The fourth-order valence-electron chi connectivity index (χ4n) is 3.98. The molecule has 31 heavy (non-hydrogen) atoms. The highest BCUT2D eigenvalue weighted by Crippen LogP contribution is 2.36. The standard InChI is InChI=1S/C23H23F3N4O/c1-15-12-30(14-28-15)19-10-17(9-18(11-19)23(24,25)26)21-8-16(4-5-20(21)22(27)31)13-29-6-2-3-7-29/h4-5,8-12,14H,2-3,6-7,13H2,1H3,(H2,27,31). The molecule has 0 saturated carbocycles. The van der Waals surface area contributed by atoms with Crippen LogP contribution in [0.2, 0.25) is 0 Å². The van der Waals surface area contributed by atoms with Crippen molar-refractivity contribution in [3.05, 3.63) is 71.3 Å². The number of likely N-dealkylation sites (tertiary alicyclic amines) is 1. The number of rotatable bonds is 5. The largest absolute Gasteiger partial charge is 0.416 e. The van der Waals surface area contributed by atoms with Crippen LogP contribution in [0.5, 0.6) is 0 Å². The Kier molecular flexibility index (Phi) is 5.58. The number of alkyl halides is 3. The molecule has 1 saturated heterocycles. The van der Waals surface area contributed by atoms with Crippen LogP contribution < -0.4 is 5.73 Å². The Morgan fingerprint density at radius 2 is 1.87 bits per heavy atom. The van der Waals surface area contributed by atoms with Crippen molar-refractivity contribution in [3.8, 4) is 16.8 Å². The minimum absolute atomic E-state index is 0.192. The Balaban J connectivity index is 1.85. The van der Waals surface area contributed by atoms with Gasteiger partial charge in [-0.3, -0.25) is 9.69 Å². The number of benzene rings is 2. The first-order chi connectivity index (χ1) is 14.7. The number of aromatic nitrogens is 2. The van der Waals surface area contributed by atoms with Crippen molar-refractivity contribution in [1.29, 1.82) is 0 Å². The number of amides is 1. The van der Waals surface area contributed by atoms with E-state index in [9.17, 15) is 18.0 Å². The van der Waals surface area contributed by atoms with E-state index in [1.807, 2.05) is 6.07 Å². The van der Waals surface area contributed by atoms with Gasteiger partial charge in [0.25, 0.3) is 0 Å². The van der Waals surface area contributed by atoms with E-state index >= 15 is 0 Å². The number of nitrogens with two attached hydrogens (primary N) is 1. The van der Waals surface area contributed by atoms with Crippen LogP contribution in [0.15, 0.2) is 48.9 Å². The van der Waals surface area contributed by atoms with E-state index in [1.165, 1.54) is 10.9 Å². The summed E-state index contributed by atoms with van der Waals surface area (Å²) < 4.78 is 42.5. The first kappa shape index (κ1) is 21.1. The van der Waals surface area contributed by atoms with Gasteiger partial charge in [-0.25, -0.2) is 4.98 Å². The van der Waals surface area contributed by atoms with E-state index in [1.54, 1.807) is 31.3 Å². The molecule has 1 aromatic heterocycles. The summed E-state index contributed by atoms with van der Waals surface area (Å²) in [4.78, 5) is 18.5. The lowest BCUT2D eigenvalue weighted by Gasteiger charge is -2.18. The van der Waals surface area contributed by atoms with E-state index < -0.39 is 17.6 Å². The van der Waals surface area contributed by atoms with Gasteiger partial charge >= 0.3 is 6.18 Å². The number of hydrogen-bond acceptors (Lipinski definition) is 3. The van der Waals surface area contributed by atoms with Crippen LogP contribution in [0, 0.1) is 6.92 Å². The minimum atomic E-state index is -4.54. The maximum Gasteiger partial charge on any atom is 0.416 e. The summed E-state index contributed by atoms with van der Waals surface area (Å²) >= 11 is 0. The van der Waals surface area contributed by atoms with E-state index in [2.05, 4.69) is 9.88 Å². The lowest BCUT2D eigenvalue weighted by atomic mass is 9.94. The lowest BCUT2D eigenvalue weighted by Crippen LogP contribution is -2.19. The maximum absolute atomic E-state index is 13.7. The number of carbonyl (C=O) groups excluding carboxylic acids is 1. The summed E-state index contributed by atoms with van der Waals surface area (Å²) in [5.74, 6) is -0.680. The second kappa shape index (κ2) is 8.19. The Morgan fingerprint density at radius 1 is 1.13 bits per heavy atom. The summed E-state index contributed by atoms with van der Waals surface area (Å²) in [5.41, 5.74) is 7.56. The normalized spacial score (nSPS) is 14.8. The number of halogens is 3. The smallest absolute Gasteiger partial charge is 0.366 e. The molecule has 0 bridgehead atoms. The molecule has 0 aliphatic carbocycles. The van der Waals surface area contributed by atoms with Crippen LogP contribution in [0.1, 0.15) is 40.0 Å². The van der Waals surface area contributed by atoms with E-state index in [0.29, 0.717) is 23.5 Å². The molecule has 8 heteroatoms. The molecule has 1 amide bonds. The first-order valence-corrected chi connectivity index (χ1v) is 10.1. The van der Waals surface area contributed by atoms with Gasteiger partial charge in [-0.2, -0.15) is 13.2 Å². The Labute approximate surface area is 178 Å². The molecule has 5 nitrogen and oxygen atoms in total. The topological polar surface area (TPSA) is 64.2 Å². The van der Waals surface area contributed by atoms with Crippen molar-refractivity contribution < 1.29 is 18.0 Å². The van der Waals surface area contributed by atoms with Crippen LogP contribution in [0.4, 0.5) is 13.2 Å². The third-order valence-electron chi connectivity index (χ3n) is 5.52. The second-order valence-electron chi connectivity index (χ2n) is 7.92. The second-order valence-corrected chi connectivity index (χ2v) is 7.92. The van der Waals surface area contributed by atoms with Crippen LogP contribution in [0.25, 0.3) is 16.8 Å². The molecule has 162 valence electrons. The van der Waals surface area contributed by atoms with Crippen molar-refractivity contribution in [1.82, 2.24) is 14.5 Å². The SMILES string of the molecule is Cc1cn(-c2cc(-c3cc(CN4CCCC4)ccc3C(N)=O)cc(C(F)(F)F)c2)cn1. The van der Waals surface area contributed by atoms with Crippen molar-refractivity contribution in [2.75, 3.05) is 13.1 Å². The summed E-state index contributed by atoms with van der Waals surface area (Å²) in [7, 11) is 0. The minimum Gasteiger partial charge on any atom is -0.366 e. The van der Waals surface area contributed by atoms with Gasteiger partial charge < -0.3 is 10.3 Å². The average Bonchev–Trinajstić information content (AvgIpc) is 3.38. The lowest BCUT2D eigenvalue weighted by molar-refractivity contribution is -0.137. The molecule has 0 spiro atoms. The third kappa shape index (κ3) is 4.64. The fraction of sp³-hybridized carbons (Fsp3) is 0.304. The van der Waals surface area contributed by atoms with Gasteiger partial charge in [0.1, 0.15) is 0 Å². The molecule has 2 N–H and O–H groups in total. The van der Waals surface area contributed by atoms with E-state index in [-0.39, 0.29) is 11.1 Å². The van der Waals surface area contributed by atoms with E-state index in [4.69, 9.17) is 5.73 Å². The van der Waals surface area contributed by atoms with Crippen molar-refractivity contribution in [3.63, 3.8) is 0 Å². The number of nitrogens with zero attached hydrogens (tertiary/aromatic N) is 3. The molecule has 1 fully saturated rings. The highest BCUT2D eigenvalue weighted by atomic mass is 19.4. The Morgan fingerprint density at radius 3 is 2.48 bits per heavy atom.